The van der Waals surface area contributed by atoms with Gasteiger partial charge in [-0.15, -0.1) is 10.2 Å². The molecular weight excluding hydrogens is 388 g/mol. The van der Waals surface area contributed by atoms with E-state index in [-0.39, 0.29) is 17.6 Å². The van der Waals surface area contributed by atoms with E-state index in [1.165, 1.54) is 0 Å². The fourth-order valence-electron chi connectivity index (χ4n) is 2.81. The second-order valence-corrected chi connectivity index (χ2v) is 7.45. The van der Waals surface area contributed by atoms with Crippen LogP contribution in [0.25, 0.3) is 11.5 Å². The molecule has 0 saturated heterocycles. The Balaban J connectivity index is 1.58. The maximum Gasteiger partial charge on any atom is 0.277 e. The lowest BCUT2D eigenvalue weighted by Gasteiger charge is -2.07. The number of thioether (sulfide) groups is 1. The van der Waals surface area contributed by atoms with Crippen LogP contribution in [0.2, 0.25) is 0 Å². The number of rotatable bonds is 7. The molecule has 0 spiro atoms. The maximum atomic E-state index is 12.2. The number of hydrogen-bond donors (Lipinski definition) is 2. The largest absolute Gasteiger partial charge is 0.411 e. The van der Waals surface area contributed by atoms with Crippen LogP contribution in [0.3, 0.4) is 0 Å². The Kier molecular flexibility index (Phi) is 6.66. The molecule has 3 rings (SSSR count). The van der Waals surface area contributed by atoms with Gasteiger partial charge in [0.25, 0.3) is 11.1 Å². The topological polar surface area (TPSA) is 97.1 Å². The van der Waals surface area contributed by atoms with Gasteiger partial charge in [0.05, 0.1) is 5.75 Å². The number of hydrogen-bond acceptors (Lipinski definition) is 6. The highest BCUT2D eigenvalue weighted by Crippen LogP contribution is 2.25. The molecule has 1 heterocycles. The van der Waals surface area contributed by atoms with Crippen molar-refractivity contribution in [3.63, 3.8) is 0 Å². The van der Waals surface area contributed by atoms with Crippen molar-refractivity contribution < 1.29 is 14.0 Å². The third-order valence-corrected chi connectivity index (χ3v) is 4.77. The zero-order chi connectivity index (χ0) is 20.8. The minimum Gasteiger partial charge on any atom is -0.411 e. The van der Waals surface area contributed by atoms with Crippen molar-refractivity contribution >= 4 is 29.3 Å². The number of nitrogens with one attached hydrogen (secondary N) is 2. The van der Waals surface area contributed by atoms with Crippen LogP contribution in [-0.4, -0.2) is 34.3 Å². The Morgan fingerprint density at radius 1 is 1.07 bits per heavy atom. The summed E-state index contributed by atoms with van der Waals surface area (Å²) in [4.78, 5) is 24.1. The molecule has 8 heteroatoms. The molecule has 0 aliphatic rings. The van der Waals surface area contributed by atoms with Crippen molar-refractivity contribution in [2.24, 2.45) is 0 Å². The first-order valence-corrected chi connectivity index (χ1v) is 10.2. The maximum absolute atomic E-state index is 12.2. The normalized spacial score (nSPS) is 10.6. The van der Waals surface area contributed by atoms with Crippen molar-refractivity contribution in [1.82, 2.24) is 15.5 Å². The highest BCUT2D eigenvalue weighted by molar-refractivity contribution is 7.99. The summed E-state index contributed by atoms with van der Waals surface area (Å²) < 4.78 is 5.67. The molecule has 29 heavy (non-hydrogen) atoms. The second-order valence-electron chi connectivity index (χ2n) is 6.53. The van der Waals surface area contributed by atoms with Crippen molar-refractivity contribution in [3.8, 4) is 11.5 Å². The smallest absolute Gasteiger partial charge is 0.277 e. The van der Waals surface area contributed by atoms with E-state index in [2.05, 4.69) is 26.9 Å². The fraction of sp³-hybridized carbons (Fsp3) is 0.238. The second kappa shape index (κ2) is 9.38. The van der Waals surface area contributed by atoms with Gasteiger partial charge in [-0.3, -0.25) is 9.59 Å². The van der Waals surface area contributed by atoms with E-state index in [1.54, 1.807) is 24.3 Å². The molecule has 0 saturated carbocycles. The first-order chi connectivity index (χ1) is 13.9. The summed E-state index contributed by atoms with van der Waals surface area (Å²) in [7, 11) is 0. The summed E-state index contributed by atoms with van der Waals surface area (Å²) in [5, 5.41) is 13.9. The predicted molar refractivity (Wildman–Crippen MR) is 113 cm³/mol. The number of aromatic nitrogens is 2. The average Bonchev–Trinajstić information content (AvgIpc) is 3.15. The average molecular weight is 410 g/mol. The number of amides is 2. The van der Waals surface area contributed by atoms with Crippen LogP contribution in [-0.2, 0) is 4.79 Å². The molecule has 1 aromatic heterocycles. The van der Waals surface area contributed by atoms with E-state index in [4.69, 9.17) is 4.42 Å². The Morgan fingerprint density at radius 2 is 1.83 bits per heavy atom. The van der Waals surface area contributed by atoms with Gasteiger partial charge < -0.3 is 15.1 Å². The Bertz CT molecular complexity index is 1010. The van der Waals surface area contributed by atoms with Gasteiger partial charge in [-0.25, -0.2) is 0 Å². The van der Waals surface area contributed by atoms with E-state index < -0.39 is 0 Å². The van der Waals surface area contributed by atoms with Crippen molar-refractivity contribution in [2.45, 2.75) is 26.0 Å². The highest BCUT2D eigenvalue weighted by Gasteiger charge is 2.13. The summed E-state index contributed by atoms with van der Waals surface area (Å²) in [6, 6.07) is 12.8. The lowest BCUT2D eigenvalue weighted by atomic mass is 10.1. The number of benzene rings is 2. The van der Waals surface area contributed by atoms with Gasteiger partial charge >= 0.3 is 0 Å². The molecule has 2 amide bonds. The molecule has 2 aromatic carbocycles. The van der Waals surface area contributed by atoms with Gasteiger partial charge in [0.15, 0.2) is 0 Å². The van der Waals surface area contributed by atoms with E-state index in [0.29, 0.717) is 28.9 Å². The molecule has 0 bridgehead atoms. The number of carbonyl (C=O) groups excluding carboxylic acids is 2. The summed E-state index contributed by atoms with van der Waals surface area (Å²) in [5.41, 5.74) is 4.13. The quantitative estimate of drug-likeness (QED) is 0.575. The fourth-order valence-corrected chi connectivity index (χ4v) is 3.37. The van der Waals surface area contributed by atoms with Crippen LogP contribution in [0.15, 0.2) is 52.1 Å². The van der Waals surface area contributed by atoms with Gasteiger partial charge in [0.1, 0.15) is 0 Å². The molecule has 7 nitrogen and oxygen atoms in total. The molecule has 0 fully saturated rings. The Labute approximate surface area is 173 Å². The molecule has 3 aromatic rings. The van der Waals surface area contributed by atoms with Crippen molar-refractivity contribution in [2.75, 3.05) is 17.6 Å². The third kappa shape index (κ3) is 5.68. The monoisotopic (exact) mass is 410 g/mol. The number of anilines is 1. The molecule has 2 N–H and O–H groups in total. The SMILES string of the molecule is CCNC(=O)c1cccc(NC(=O)CSc2nnc(-c3cc(C)cc(C)c3)o2)c1. The van der Waals surface area contributed by atoms with Gasteiger partial charge in [-0.05, 0) is 51.1 Å². The number of aryl methyl sites for hydroxylation is 2. The lowest BCUT2D eigenvalue weighted by molar-refractivity contribution is -0.113. The molecule has 0 aliphatic carbocycles. The first kappa shape index (κ1) is 20.6. The number of nitrogens with zero attached hydrogens (tertiary/aromatic N) is 2. The lowest BCUT2D eigenvalue weighted by Crippen LogP contribution is -2.23. The van der Waals surface area contributed by atoms with E-state index in [0.717, 1.165) is 28.5 Å². The zero-order valence-electron chi connectivity index (χ0n) is 16.5. The molecule has 0 atom stereocenters. The summed E-state index contributed by atoms with van der Waals surface area (Å²) in [6.45, 7) is 6.41. The van der Waals surface area contributed by atoms with Crippen LogP contribution in [0.5, 0.6) is 0 Å². The van der Waals surface area contributed by atoms with Crippen molar-refractivity contribution in [3.05, 3.63) is 59.2 Å². The Morgan fingerprint density at radius 3 is 2.55 bits per heavy atom. The van der Waals surface area contributed by atoms with Gasteiger partial charge in [-0.2, -0.15) is 0 Å². The van der Waals surface area contributed by atoms with Crippen LogP contribution in [0.4, 0.5) is 5.69 Å². The Hall–Kier alpha value is -3.13. The third-order valence-electron chi connectivity index (χ3n) is 3.95. The van der Waals surface area contributed by atoms with Gasteiger partial charge in [0, 0.05) is 23.4 Å². The molecular formula is C21H22N4O3S. The van der Waals surface area contributed by atoms with Crippen LogP contribution < -0.4 is 10.6 Å². The molecule has 0 radical (unpaired) electrons. The van der Waals surface area contributed by atoms with Crippen molar-refractivity contribution in [1.29, 1.82) is 0 Å². The van der Waals surface area contributed by atoms with Crippen LogP contribution >= 0.6 is 11.8 Å². The number of carbonyl (C=O) groups is 2. The van der Waals surface area contributed by atoms with Gasteiger partial charge in [-0.1, -0.05) is 35.0 Å². The van der Waals surface area contributed by atoms with E-state index in [9.17, 15) is 9.59 Å². The summed E-state index contributed by atoms with van der Waals surface area (Å²) in [6.07, 6.45) is 0. The molecule has 0 aliphatic heterocycles. The van der Waals surface area contributed by atoms with Crippen LogP contribution in [0.1, 0.15) is 28.4 Å². The summed E-state index contributed by atoms with van der Waals surface area (Å²) >= 11 is 1.16. The minimum atomic E-state index is -0.228. The van der Waals surface area contributed by atoms with E-state index in [1.807, 2.05) is 32.9 Å². The first-order valence-electron chi connectivity index (χ1n) is 9.17. The predicted octanol–water partition coefficient (Wildman–Crippen LogP) is 3.83. The molecule has 150 valence electrons. The zero-order valence-corrected chi connectivity index (χ0v) is 17.3. The summed E-state index contributed by atoms with van der Waals surface area (Å²) in [5.74, 6) is 0.131. The van der Waals surface area contributed by atoms with E-state index >= 15 is 0 Å². The van der Waals surface area contributed by atoms with Crippen LogP contribution in [0, 0.1) is 13.8 Å². The molecule has 0 unspecified atom stereocenters. The van der Waals surface area contributed by atoms with Gasteiger partial charge in [0.2, 0.25) is 11.8 Å². The minimum absolute atomic E-state index is 0.111. The highest BCUT2D eigenvalue weighted by atomic mass is 32.2. The standard InChI is InChI=1S/C21H22N4O3S/c1-4-22-19(27)15-6-5-7-17(11-15)23-18(26)12-29-21-25-24-20(28-21)16-9-13(2)8-14(3)10-16/h5-11H,4,12H2,1-3H3,(H,22,27)(H,23,26).